The van der Waals surface area contributed by atoms with E-state index in [9.17, 15) is 9.59 Å². The van der Waals surface area contributed by atoms with Crippen molar-refractivity contribution in [3.05, 3.63) is 36.0 Å². The Hall–Kier alpha value is -2.14. The van der Waals surface area contributed by atoms with E-state index in [2.05, 4.69) is 4.98 Å². The Bertz CT molecular complexity index is 703. The third-order valence-electron chi connectivity index (χ3n) is 4.27. The number of H-pyrrole nitrogens is 1. The van der Waals surface area contributed by atoms with Crippen LogP contribution in [0.3, 0.4) is 0 Å². The van der Waals surface area contributed by atoms with E-state index in [0.717, 1.165) is 23.7 Å². The molecule has 1 atom stereocenters. The van der Waals surface area contributed by atoms with E-state index in [0.29, 0.717) is 11.6 Å². The van der Waals surface area contributed by atoms with Gasteiger partial charge in [-0.2, -0.15) is 0 Å². The van der Waals surface area contributed by atoms with Gasteiger partial charge >= 0.3 is 5.97 Å². The lowest BCUT2D eigenvalue weighted by Crippen LogP contribution is -2.44. The highest BCUT2D eigenvalue weighted by Crippen LogP contribution is 2.29. The second-order valence-corrected chi connectivity index (χ2v) is 5.77. The molecule has 1 fully saturated rings. The largest absolute Gasteiger partial charge is 0.468 e. The second-order valence-electron chi connectivity index (χ2n) is 5.77. The first-order chi connectivity index (χ1) is 10.6. The van der Waals surface area contributed by atoms with Crippen LogP contribution in [0.2, 0.25) is 0 Å². The van der Waals surface area contributed by atoms with Gasteiger partial charge in [-0.3, -0.25) is 14.5 Å². The number of hydrogen-bond donors (Lipinski definition) is 1. The first-order valence-electron chi connectivity index (χ1n) is 7.54. The molecule has 1 aromatic heterocycles. The Balaban J connectivity index is 1.81. The minimum Gasteiger partial charge on any atom is -0.468 e. The van der Waals surface area contributed by atoms with E-state index in [-0.39, 0.29) is 18.3 Å². The second kappa shape index (κ2) is 5.93. The lowest BCUT2D eigenvalue weighted by atomic mass is 10.1. The maximum Gasteiger partial charge on any atom is 0.322 e. The molecule has 1 aliphatic rings. The van der Waals surface area contributed by atoms with Crippen molar-refractivity contribution in [2.75, 3.05) is 13.7 Å². The molecule has 1 aliphatic carbocycles. The van der Waals surface area contributed by atoms with E-state index in [1.807, 2.05) is 29.2 Å². The van der Waals surface area contributed by atoms with Crippen LogP contribution in [0, 0.1) is 0 Å². The maximum absolute atomic E-state index is 12.7. The Kier molecular flexibility index (Phi) is 3.98. The van der Waals surface area contributed by atoms with Gasteiger partial charge in [0.2, 0.25) is 0 Å². The highest BCUT2D eigenvalue weighted by Gasteiger charge is 2.36. The molecule has 5 nitrogen and oxygen atoms in total. The molecular formula is C17H20N2O3. The number of fused-ring (bicyclic) bond motifs is 1. The quantitative estimate of drug-likeness (QED) is 0.657. The third-order valence-corrected chi connectivity index (χ3v) is 4.27. The first kappa shape index (κ1) is 14.8. The zero-order valence-corrected chi connectivity index (χ0v) is 12.8. The number of benzene rings is 1. The summed E-state index contributed by atoms with van der Waals surface area (Å²) in [5.41, 5.74) is 1.63. The number of nitrogens with zero attached hydrogens (tertiary/aromatic N) is 1. The molecule has 1 N–H and O–H groups in total. The Labute approximate surface area is 129 Å². The molecule has 0 amide bonds. The fourth-order valence-corrected chi connectivity index (χ4v) is 2.85. The van der Waals surface area contributed by atoms with Crippen molar-refractivity contribution in [1.82, 2.24) is 9.88 Å². The van der Waals surface area contributed by atoms with Gasteiger partial charge in [0.15, 0.2) is 5.78 Å². The highest BCUT2D eigenvalue weighted by molar-refractivity contribution is 6.08. The summed E-state index contributed by atoms with van der Waals surface area (Å²) in [5.74, 6) is -0.265. The van der Waals surface area contributed by atoms with Crippen molar-refractivity contribution in [1.29, 1.82) is 0 Å². The highest BCUT2D eigenvalue weighted by atomic mass is 16.5. The summed E-state index contributed by atoms with van der Waals surface area (Å²) in [6.07, 6.45) is 3.81. The van der Waals surface area contributed by atoms with Crippen LogP contribution in [0.25, 0.3) is 10.9 Å². The van der Waals surface area contributed by atoms with Gasteiger partial charge in [-0.1, -0.05) is 18.2 Å². The summed E-state index contributed by atoms with van der Waals surface area (Å²) in [5, 5.41) is 0.925. The van der Waals surface area contributed by atoms with E-state index in [1.165, 1.54) is 7.11 Å². The molecule has 0 radical (unpaired) electrons. The van der Waals surface area contributed by atoms with Crippen molar-refractivity contribution >= 4 is 22.7 Å². The SMILES string of the molecule is COC(=O)[C@H](C)N(CC(=O)c1c[nH]c2ccccc12)C1CC1. The summed E-state index contributed by atoms with van der Waals surface area (Å²) < 4.78 is 4.82. The van der Waals surface area contributed by atoms with Gasteiger partial charge in [-0.15, -0.1) is 0 Å². The molecule has 1 saturated carbocycles. The molecule has 0 bridgehead atoms. The predicted octanol–water partition coefficient (Wildman–Crippen LogP) is 2.38. The van der Waals surface area contributed by atoms with Crippen molar-refractivity contribution in [2.45, 2.75) is 31.8 Å². The van der Waals surface area contributed by atoms with Crippen LogP contribution in [0.5, 0.6) is 0 Å². The number of carbonyl (C=O) groups is 2. The van der Waals surface area contributed by atoms with Gasteiger partial charge in [0.05, 0.1) is 13.7 Å². The topological polar surface area (TPSA) is 62.4 Å². The molecule has 22 heavy (non-hydrogen) atoms. The molecule has 1 heterocycles. The monoisotopic (exact) mass is 300 g/mol. The van der Waals surface area contributed by atoms with Gasteiger partial charge < -0.3 is 9.72 Å². The number of Topliss-reactive ketones (excluding diaryl/α,β-unsaturated/α-hetero) is 1. The summed E-state index contributed by atoms with van der Waals surface area (Å²) in [6.45, 7) is 2.04. The fraction of sp³-hybridized carbons (Fsp3) is 0.412. The Morgan fingerprint density at radius 3 is 2.77 bits per heavy atom. The van der Waals surface area contributed by atoms with E-state index >= 15 is 0 Å². The Morgan fingerprint density at radius 1 is 1.36 bits per heavy atom. The number of carbonyl (C=O) groups excluding carboxylic acids is 2. The molecule has 0 spiro atoms. The summed E-state index contributed by atoms with van der Waals surface area (Å²) >= 11 is 0. The zero-order valence-electron chi connectivity index (χ0n) is 12.8. The van der Waals surface area contributed by atoms with Crippen molar-refractivity contribution in [2.24, 2.45) is 0 Å². The lowest BCUT2D eigenvalue weighted by Gasteiger charge is -2.26. The number of ether oxygens (including phenoxy) is 1. The van der Waals surface area contributed by atoms with Crippen LogP contribution >= 0.6 is 0 Å². The molecule has 0 aliphatic heterocycles. The molecule has 1 aromatic carbocycles. The molecule has 2 aromatic rings. The van der Waals surface area contributed by atoms with Crippen molar-refractivity contribution < 1.29 is 14.3 Å². The number of ketones is 1. The number of aromatic nitrogens is 1. The van der Waals surface area contributed by atoms with Crippen molar-refractivity contribution in [3.8, 4) is 0 Å². The number of aromatic amines is 1. The normalized spacial score (nSPS) is 16.0. The summed E-state index contributed by atoms with van der Waals surface area (Å²) in [7, 11) is 1.38. The van der Waals surface area contributed by atoms with Gasteiger partial charge in [0.1, 0.15) is 6.04 Å². The van der Waals surface area contributed by atoms with Crippen molar-refractivity contribution in [3.63, 3.8) is 0 Å². The lowest BCUT2D eigenvalue weighted by molar-refractivity contribution is -0.146. The number of esters is 1. The molecule has 0 saturated heterocycles. The molecule has 116 valence electrons. The first-order valence-corrected chi connectivity index (χ1v) is 7.54. The van der Waals surface area contributed by atoms with E-state index < -0.39 is 6.04 Å². The van der Waals surface area contributed by atoms with Crippen LogP contribution < -0.4 is 0 Å². The molecule has 3 rings (SSSR count). The average molecular weight is 300 g/mol. The maximum atomic E-state index is 12.7. The minimum atomic E-state index is -0.397. The number of rotatable bonds is 6. The third kappa shape index (κ3) is 2.76. The minimum absolute atomic E-state index is 0.0279. The van der Waals surface area contributed by atoms with Crippen LogP contribution in [0.1, 0.15) is 30.1 Å². The van der Waals surface area contributed by atoms with Gasteiger partial charge in [0, 0.05) is 28.7 Å². The van der Waals surface area contributed by atoms with E-state index in [1.54, 1.807) is 13.1 Å². The average Bonchev–Trinajstić information content (AvgIpc) is 3.29. The van der Waals surface area contributed by atoms with Crippen LogP contribution in [-0.4, -0.2) is 47.4 Å². The van der Waals surface area contributed by atoms with Gasteiger partial charge in [-0.05, 0) is 25.8 Å². The molecular weight excluding hydrogens is 280 g/mol. The van der Waals surface area contributed by atoms with Gasteiger partial charge in [0.25, 0.3) is 0 Å². The summed E-state index contributed by atoms with van der Waals surface area (Å²) in [6, 6.07) is 7.65. The number of methoxy groups -OCH3 is 1. The van der Waals surface area contributed by atoms with Crippen LogP contribution in [0.15, 0.2) is 30.5 Å². The Morgan fingerprint density at radius 2 is 2.09 bits per heavy atom. The number of hydrogen-bond acceptors (Lipinski definition) is 4. The van der Waals surface area contributed by atoms with Gasteiger partial charge in [-0.25, -0.2) is 0 Å². The number of para-hydroxylation sites is 1. The van der Waals surface area contributed by atoms with E-state index in [4.69, 9.17) is 4.74 Å². The summed E-state index contributed by atoms with van der Waals surface area (Å²) in [4.78, 5) is 29.5. The number of nitrogens with one attached hydrogen (secondary N) is 1. The zero-order chi connectivity index (χ0) is 15.7. The fourth-order valence-electron chi connectivity index (χ4n) is 2.85. The smallest absolute Gasteiger partial charge is 0.322 e. The molecule has 5 heteroatoms. The molecule has 0 unspecified atom stereocenters. The van der Waals surface area contributed by atoms with Crippen LogP contribution in [0.4, 0.5) is 0 Å². The predicted molar refractivity (Wildman–Crippen MR) is 83.8 cm³/mol. The standard InChI is InChI=1S/C17H20N2O3/c1-11(17(21)22-2)19(12-7-8-12)10-16(20)14-9-18-15-6-4-3-5-13(14)15/h3-6,9,11-12,18H,7-8,10H2,1-2H3/t11-/m0/s1. The van der Waals surface area contributed by atoms with Crippen LogP contribution in [-0.2, 0) is 9.53 Å².